The van der Waals surface area contributed by atoms with Crippen LogP contribution in [0.25, 0.3) is 0 Å². The molecule has 3 N–H and O–H groups in total. The van der Waals surface area contributed by atoms with Gasteiger partial charge in [0, 0.05) is 20.1 Å². The minimum Gasteiger partial charge on any atom is -0.394 e. The third kappa shape index (κ3) is 3.41. The van der Waals surface area contributed by atoms with Crippen LogP contribution >= 0.6 is 0 Å². The molecule has 0 bridgehead atoms. The van der Waals surface area contributed by atoms with Gasteiger partial charge in [-0.05, 0) is 38.8 Å². The second-order valence-corrected chi connectivity index (χ2v) is 5.73. The Morgan fingerprint density at radius 1 is 1.42 bits per heavy atom. The Hall–Kier alpha value is -1.23. The van der Waals surface area contributed by atoms with Crippen LogP contribution in [0.4, 0.5) is 11.5 Å². The summed E-state index contributed by atoms with van der Waals surface area (Å²) in [6.07, 6.45) is 4.63. The highest BCUT2D eigenvalue weighted by Crippen LogP contribution is 2.24. The van der Waals surface area contributed by atoms with Crippen molar-refractivity contribution in [3.63, 3.8) is 0 Å². The smallest absolute Gasteiger partial charge is 0.147 e. The molecular weight excluding hydrogens is 238 g/mol. The summed E-state index contributed by atoms with van der Waals surface area (Å²) in [5.41, 5.74) is 8.03. The van der Waals surface area contributed by atoms with Crippen molar-refractivity contribution in [1.29, 1.82) is 0 Å². The number of aryl methyl sites for hydroxylation is 2. The van der Waals surface area contributed by atoms with Gasteiger partial charge in [-0.15, -0.1) is 0 Å². The first-order valence-corrected chi connectivity index (χ1v) is 7.35. The standard InChI is InChI=1S/C14H27N5/c1-4-6-12-13(15)14(19(3)17-12)16-9-11-7-5-8-18(2)10-11/h11,16H,4-10,15H2,1-3H3. The topological polar surface area (TPSA) is 59.1 Å². The molecule has 1 fully saturated rings. The molecule has 2 heterocycles. The molecule has 0 saturated carbocycles. The van der Waals surface area contributed by atoms with Gasteiger partial charge in [0.25, 0.3) is 0 Å². The summed E-state index contributed by atoms with van der Waals surface area (Å²) in [5.74, 6) is 1.69. The lowest BCUT2D eigenvalue weighted by atomic mass is 9.98. The molecule has 5 nitrogen and oxygen atoms in total. The number of nitrogens with one attached hydrogen (secondary N) is 1. The quantitative estimate of drug-likeness (QED) is 0.851. The fourth-order valence-corrected chi connectivity index (χ4v) is 2.91. The highest BCUT2D eigenvalue weighted by molar-refractivity contribution is 5.65. The van der Waals surface area contributed by atoms with Crippen LogP contribution in [-0.4, -0.2) is 41.4 Å². The molecule has 108 valence electrons. The van der Waals surface area contributed by atoms with Gasteiger partial charge in [0.15, 0.2) is 0 Å². The summed E-state index contributed by atoms with van der Waals surface area (Å²) in [4.78, 5) is 2.41. The number of anilines is 2. The summed E-state index contributed by atoms with van der Waals surface area (Å²) >= 11 is 0. The highest BCUT2D eigenvalue weighted by Gasteiger charge is 2.18. The minimum atomic E-state index is 0.711. The van der Waals surface area contributed by atoms with Gasteiger partial charge in [0.1, 0.15) is 5.82 Å². The van der Waals surface area contributed by atoms with Crippen LogP contribution in [0.3, 0.4) is 0 Å². The van der Waals surface area contributed by atoms with E-state index in [1.54, 1.807) is 0 Å². The summed E-state index contributed by atoms with van der Waals surface area (Å²) in [7, 11) is 4.16. The van der Waals surface area contributed by atoms with Crippen molar-refractivity contribution in [1.82, 2.24) is 14.7 Å². The van der Waals surface area contributed by atoms with Crippen LogP contribution in [0.5, 0.6) is 0 Å². The highest BCUT2D eigenvalue weighted by atomic mass is 15.3. The van der Waals surface area contributed by atoms with E-state index in [0.717, 1.165) is 36.6 Å². The van der Waals surface area contributed by atoms with E-state index in [4.69, 9.17) is 5.73 Å². The van der Waals surface area contributed by atoms with Crippen LogP contribution in [0, 0.1) is 5.92 Å². The van der Waals surface area contributed by atoms with Gasteiger partial charge in [0.05, 0.1) is 11.4 Å². The molecule has 0 aromatic carbocycles. The summed E-state index contributed by atoms with van der Waals surface area (Å²) in [6, 6.07) is 0. The summed E-state index contributed by atoms with van der Waals surface area (Å²) in [6.45, 7) is 5.54. The zero-order valence-electron chi connectivity index (χ0n) is 12.4. The minimum absolute atomic E-state index is 0.711. The second kappa shape index (κ2) is 6.28. The van der Waals surface area contributed by atoms with E-state index in [0.29, 0.717) is 5.92 Å². The van der Waals surface area contributed by atoms with Crippen LogP contribution < -0.4 is 11.1 Å². The largest absolute Gasteiger partial charge is 0.394 e. The predicted octanol–water partition coefficient (Wildman–Crippen LogP) is 1.71. The zero-order chi connectivity index (χ0) is 13.8. The number of hydrogen-bond acceptors (Lipinski definition) is 4. The number of hydrogen-bond donors (Lipinski definition) is 2. The van der Waals surface area contributed by atoms with Gasteiger partial charge in [-0.25, -0.2) is 0 Å². The van der Waals surface area contributed by atoms with Crippen molar-refractivity contribution in [2.24, 2.45) is 13.0 Å². The molecule has 1 aliphatic heterocycles. The van der Waals surface area contributed by atoms with Crippen LogP contribution in [0.1, 0.15) is 31.9 Å². The lowest BCUT2D eigenvalue weighted by molar-refractivity contribution is 0.217. The normalized spacial score (nSPS) is 20.7. The number of nitrogens with two attached hydrogens (primary N) is 1. The van der Waals surface area contributed by atoms with Crippen LogP contribution in [0.2, 0.25) is 0 Å². The van der Waals surface area contributed by atoms with Crippen molar-refractivity contribution in [2.45, 2.75) is 32.6 Å². The number of nitrogens with zero attached hydrogens (tertiary/aromatic N) is 3. The van der Waals surface area contributed by atoms with E-state index in [1.807, 2.05) is 11.7 Å². The van der Waals surface area contributed by atoms with Crippen molar-refractivity contribution in [2.75, 3.05) is 37.7 Å². The molecule has 1 saturated heterocycles. The van der Waals surface area contributed by atoms with Crippen molar-refractivity contribution >= 4 is 11.5 Å². The maximum absolute atomic E-state index is 6.18. The van der Waals surface area contributed by atoms with E-state index in [1.165, 1.54) is 25.9 Å². The average molecular weight is 265 g/mol. The Kier molecular flexibility index (Phi) is 4.69. The van der Waals surface area contributed by atoms with E-state index < -0.39 is 0 Å². The van der Waals surface area contributed by atoms with E-state index in [2.05, 4.69) is 29.3 Å². The molecule has 1 aromatic heterocycles. The van der Waals surface area contributed by atoms with Crippen molar-refractivity contribution in [3.05, 3.63) is 5.69 Å². The second-order valence-electron chi connectivity index (χ2n) is 5.73. The molecule has 2 rings (SSSR count). The molecule has 19 heavy (non-hydrogen) atoms. The Labute approximate surface area is 116 Å². The SMILES string of the molecule is CCCc1nn(C)c(NCC2CCCN(C)C2)c1N. The molecule has 0 radical (unpaired) electrons. The first-order chi connectivity index (χ1) is 9.11. The number of nitrogen functional groups attached to an aromatic ring is 1. The maximum atomic E-state index is 6.18. The Bertz CT molecular complexity index is 412. The van der Waals surface area contributed by atoms with Crippen molar-refractivity contribution in [3.8, 4) is 0 Å². The fourth-order valence-electron chi connectivity index (χ4n) is 2.91. The van der Waals surface area contributed by atoms with Crippen LogP contribution in [0.15, 0.2) is 0 Å². The molecule has 1 aromatic rings. The third-order valence-electron chi connectivity index (χ3n) is 3.93. The number of aromatic nitrogens is 2. The first-order valence-electron chi connectivity index (χ1n) is 7.35. The zero-order valence-corrected chi connectivity index (χ0v) is 12.4. The fraction of sp³-hybridized carbons (Fsp3) is 0.786. The lowest BCUT2D eigenvalue weighted by Crippen LogP contribution is -2.35. The predicted molar refractivity (Wildman–Crippen MR) is 80.3 cm³/mol. The van der Waals surface area contributed by atoms with E-state index in [9.17, 15) is 0 Å². The van der Waals surface area contributed by atoms with Gasteiger partial charge in [-0.2, -0.15) is 5.10 Å². The molecule has 1 unspecified atom stereocenters. The maximum Gasteiger partial charge on any atom is 0.147 e. The summed E-state index contributed by atoms with van der Waals surface area (Å²) < 4.78 is 1.88. The monoisotopic (exact) mass is 265 g/mol. The van der Waals surface area contributed by atoms with Gasteiger partial charge in [-0.1, -0.05) is 13.3 Å². The number of rotatable bonds is 5. The Morgan fingerprint density at radius 3 is 2.89 bits per heavy atom. The molecule has 0 amide bonds. The molecular formula is C14H27N5. The van der Waals surface area contributed by atoms with Crippen LogP contribution in [-0.2, 0) is 13.5 Å². The third-order valence-corrected chi connectivity index (χ3v) is 3.93. The summed E-state index contributed by atoms with van der Waals surface area (Å²) in [5, 5.41) is 8.00. The lowest BCUT2D eigenvalue weighted by Gasteiger charge is -2.29. The Balaban J connectivity index is 1.95. The van der Waals surface area contributed by atoms with Gasteiger partial charge >= 0.3 is 0 Å². The number of piperidine rings is 1. The molecule has 1 atom stereocenters. The molecule has 5 heteroatoms. The Morgan fingerprint density at radius 2 is 2.21 bits per heavy atom. The molecule has 0 spiro atoms. The molecule has 1 aliphatic rings. The number of likely N-dealkylation sites (tertiary alicyclic amines) is 1. The molecule has 0 aliphatic carbocycles. The van der Waals surface area contributed by atoms with E-state index in [-0.39, 0.29) is 0 Å². The average Bonchev–Trinajstić information content (AvgIpc) is 2.63. The van der Waals surface area contributed by atoms with Gasteiger partial charge < -0.3 is 16.0 Å². The van der Waals surface area contributed by atoms with Crippen molar-refractivity contribution < 1.29 is 0 Å². The van der Waals surface area contributed by atoms with Gasteiger partial charge in [0.2, 0.25) is 0 Å². The van der Waals surface area contributed by atoms with Gasteiger partial charge in [-0.3, -0.25) is 4.68 Å². The first kappa shape index (κ1) is 14.2. The van der Waals surface area contributed by atoms with E-state index >= 15 is 0 Å².